The molecule has 106 valence electrons. The Balaban J connectivity index is 2.72. The van der Waals surface area contributed by atoms with Gasteiger partial charge in [0.2, 0.25) is 5.95 Å². The van der Waals surface area contributed by atoms with Gasteiger partial charge in [-0.25, -0.2) is 4.98 Å². The lowest BCUT2D eigenvalue weighted by molar-refractivity contribution is 0.242. The van der Waals surface area contributed by atoms with Crippen molar-refractivity contribution < 1.29 is 4.74 Å². The molecule has 0 aliphatic carbocycles. The number of halogens is 1. The van der Waals surface area contributed by atoms with Gasteiger partial charge < -0.3 is 10.5 Å². The van der Waals surface area contributed by atoms with Gasteiger partial charge in [0.05, 0.1) is 6.10 Å². The Kier molecular flexibility index (Phi) is 4.14. The second-order valence-corrected chi connectivity index (χ2v) is 5.34. The maximum Gasteiger partial charge on any atom is 0.222 e. The minimum atomic E-state index is -0.0252. The summed E-state index contributed by atoms with van der Waals surface area (Å²) >= 11 is 6.18. The van der Waals surface area contributed by atoms with Crippen molar-refractivity contribution in [3.63, 3.8) is 0 Å². The van der Waals surface area contributed by atoms with Crippen LogP contribution in [-0.2, 0) is 0 Å². The molecule has 20 heavy (non-hydrogen) atoms. The van der Waals surface area contributed by atoms with E-state index >= 15 is 0 Å². The van der Waals surface area contributed by atoms with E-state index in [0.29, 0.717) is 11.4 Å². The SMILES string of the molecule is Cc1cccc(C)c1-c1nc(N)nc(Cl)c1OC(C)C. The molecule has 0 spiro atoms. The molecule has 0 aliphatic heterocycles. The van der Waals surface area contributed by atoms with Gasteiger partial charge in [-0.3, -0.25) is 0 Å². The van der Waals surface area contributed by atoms with Gasteiger partial charge in [0, 0.05) is 5.56 Å². The number of aryl methyl sites for hydroxylation is 2. The summed E-state index contributed by atoms with van der Waals surface area (Å²) in [5.74, 6) is 0.622. The van der Waals surface area contributed by atoms with E-state index in [4.69, 9.17) is 22.1 Å². The third-order valence-electron chi connectivity index (χ3n) is 2.91. The normalized spacial score (nSPS) is 10.9. The number of rotatable bonds is 3. The Morgan fingerprint density at radius 1 is 1.15 bits per heavy atom. The zero-order valence-electron chi connectivity index (χ0n) is 12.1. The van der Waals surface area contributed by atoms with Gasteiger partial charge in [-0.05, 0) is 38.8 Å². The number of nitrogens with two attached hydrogens (primary N) is 1. The van der Waals surface area contributed by atoms with E-state index in [0.717, 1.165) is 16.7 Å². The van der Waals surface area contributed by atoms with Crippen molar-refractivity contribution >= 4 is 17.5 Å². The predicted molar refractivity (Wildman–Crippen MR) is 82.1 cm³/mol. The molecule has 1 heterocycles. The minimum Gasteiger partial charge on any atom is -0.485 e. The zero-order valence-corrected chi connectivity index (χ0v) is 12.8. The number of anilines is 1. The van der Waals surface area contributed by atoms with Crippen molar-refractivity contribution in [3.8, 4) is 17.0 Å². The molecule has 0 fully saturated rings. The number of benzene rings is 1. The van der Waals surface area contributed by atoms with Gasteiger partial charge >= 0.3 is 0 Å². The number of aromatic nitrogens is 2. The fourth-order valence-corrected chi connectivity index (χ4v) is 2.36. The smallest absolute Gasteiger partial charge is 0.222 e. The van der Waals surface area contributed by atoms with Crippen LogP contribution in [0.3, 0.4) is 0 Å². The van der Waals surface area contributed by atoms with Crippen LogP contribution < -0.4 is 10.5 Å². The number of nitrogen functional groups attached to an aromatic ring is 1. The van der Waals surface area contributed by atoms with Crippen LogP contribution in [0.1, 0.15) is 25.0 Å². The monoisotopic (exact) mass is 291 g/mol. The van der Waals surface area contributed by atoms with E-state index in [1.807, 2.05) is 45.9 Å². The Hall–Kier alpha value is -1.81. The van der Waals surface area contributed by atoms with E-state index in [-0.39, 0.29) is 17.2 Å². The summed E-state index contributed by atoms with van der Waals surface area (Å²) in [5, 5.41) is 0.240. The topological polar surface area (TPSA) is 61.0 Å². The second kappa shape index (κ2) is 5.67. The summed E-state index contributed by atoms with van der Waals surface area (Å²) in [6.45, 7) is 7.91. The van der Waals surface area contributed by atoms with Crippen LogP contribution in [0.25, 0.3) is 11.3 Å². The lowest BCUT2D eigenvalue weighted by atomic mass is 9.99. The first-order valence-electron chi connectivity index (χ1n) is 6.46. The quantitative estimate of drug-likeness (QED) is 0.874. The summed E-state index contributed by atoms with van der Waals surface area (Å²) < 4.78 is 5.78. The molecular formula is C15H18ClN3O. The van der Waals surface area contributed by atoms with Crippen LogP contribution in [0.5, 0.6) is 5.75 Å². The summed E-state index contributed by atoms with van der Waals surface area (Å²) in [4.78, 5) is 8.32. The van der Waals surface area contributed by atoms with Gasteiger partial charge in [0.15, 0.2) is 10.9 Å². The Morgan fingerprint density at radius 2 is 1.75 bits per heavy atom. The molecule has 0 saturated carbocycles. The number of hydrogen-bond acceptors (Lipinski definition) is 4. The van der Waals surface area contributed by atoms with Gasteiger partial charge in [-0.1, -0.05) is 29.8 Å². The third-order valence-corrected chi connectivity index (χ3v) is 3.17. The van der Waals surface area contributed by atoms with Crippen molar-refractivity contribution in [2.45, 2.75) is 33.8 Å². The van der Waals surface area contributed by atoms with Crippen LogP contribution in [0.2, 0.25) is 5.15 Å². The molecule has 0 radical (unpaired) electrons. The molecule has 2 N–H and O–H groups in total. The van der Waals surface area contributed by atoms with Crippen LogP contribution in [0.15, 0.2) is 18.2 Å². The first-order chi connectivity index (χ1) is 9.40. The maximum absolute atomic E-state index is 6.18. The molecule has 0 atom stereocenters. The van der Waals surface area contributed by atoms with Crippen molar-refractivity contribution in [2.24, 2.45) is 0 Å². The van der Waals surface area contributed by atoms with Crippen LogP contribution in [0, 0.1) is 13.8 Å². The molecule has 2 rings (SSSR count). The van der Waals surface area contributed by atoms with Gasteiger partial charge in [-0.15, -0.1) is 0 Å². The van der Waals surface area contributed by atoms with Crippen molar-refractivity contribution in [1.29, 1.82) is 0 Å². The number of ether oxygens (including phenoxy) is 1. The highest BCUT2D eigenvalue weighted by Gasteiger charge is 2.19. The molecule has 0 bridgehead atoms. The molecule has 2 aromatic rings. The molecule has 0 saturated heterocycles. The second-order valence-electron chi connectivity index (χ2n) is 4.98. The fourth-order valence-electron chi connectivity index (χ4n) is 2.14. The average molecular weight is 292 g/mol. The molecule has 4 nitrogen and oxygen atoms in total. The molecule has 5 heteroatoms. The third kappa shape index (κ3) is 2.85. The Morgan fingerprint density at radius 3 is 2.30 bits per heavy atom. The van der Waals surface area contributed by atoms with Crippen molar-refractivity contribution in [3.05, 3.63) is 34.5 Å². The number of nitrogens with zero attached hydrogens (tertiary/aromatic N) is 2. The molecule has 1 aromatic carbocycles. The Bertz CT molecular complexity index is 621. The molecule has 0 unspecified atom stereocenters. The first kappa shape index (κ1) is 14.6. The predicted octanol–water partition coefficient (Wildman–Crippen LogP) is 3.78. The molecule has 1 aromatic heterocycles. The highest BCUT2D eigenvalue weighted by molar-refractivity contribution is 6.31. The average Bonchev–Trinajstić information content (AvgIpc) is 2.32. The minimum absolute atomic E-state index is 0.0252. The molecule has 0 amide bonds. The largest absolute Gasteiger partial charge is 0.485 e. The number of hydrogen-bond donors (Lipinski definition) is 1. The maximum atomic E-state index is 6.18. The lowest BCUT2D eigenvalue weighted by Crippen LogP contribution is -2.10. The van der Waals surface area contributed by atoms with Crippen LogP contribution in [-0.4, -0.2) is 16.1 Å². The van der Waals surface area contributed by atoms with Crippen LogP contribution in [0.4, 0.5) is 5.95 Å². The summed E-state index contributed by atoms with van der Waals surface area (Å²) in [7, 11) is 0. The van der Waals surface area contributed by atoms with Crippen molar-refractivity contribution in [1.82, 2.24) is 9.97 Å². The van der Waals surface area contributed by atoms with E-state index < -0.39 is 0 Å². The zero-order chi connectivity index (χ0) is 14.9. The summed E-state index contributed by atoms with van der Waals surface area (Å²) in [6, 6.07) is 6.05. The molecule has 0 aliphatic rings. The molecular weight excluding hydrogens is 274 g/mol. The van der Waals surface area contributed by atoms with E-state index in [1.165, 1.54) is 0 Å². The van der Waals surface area contributed by atoms with E-state index in [2.05, 4.69) is 9.97 Å². The Labute approximate surface area is 124 Å². The fraction of sp³-hybridized carbons (Fsp3) is 0.333. The highest BCUT2D eigenvalue weighted by atomic mass is 35.5. The van der Waals surface area contributed by atoms with Gasteiger partial charge in [0.1, 0.15) is 5.69 Å². The highest BCUT2D eigenvalue weighted by Crippen LogP contribution is 2.37. The lowest BCUT2D eigenvalue weighted by Gasteiger charge is -2.17. The van der Waals surface area contributed by atoms with E-state index in [9.17, 15) is 0 Å². The first-order valence-corrected chi connectivity index (χ1v) is 6.84. The summed E-state index contributed by atoms with van der Waals surface area (Å²) in [5.41, 5.74) is 9.55. The van der Waals surface area contributed by atoms with Gasteiger partial charge in [0.25, 0.3) is 0 Å². The summed E-state index contributed by atoms with van der Waals surface area (Å²) in [6.07, 6.45) is -0.0252. The van der Waals surface area contributed by atoms with Crippen molar-refractivity contribution in [2.75, 3.05) is 5.73 Å². The van der Waals surface area contributed by atoms with E-state index in [1.54, 1.807) is 0 Å². The standard InChI is InChI=1S/C15H18ClN3O/c1-8(2)20-13-12(18-15(17)19-14(13)16)11-9(3)6-5-7-10(11)4/h5-8H,1-4H3,(H2,17,18,19). The van der Waals surface area contributed by atoms with Crippen LogP contribution >= 0.6 is 11.6 Å². The van der Waals surface area contributed by atoms with Gasteiger partial charge in [-0.2, -0.15) is 4.98 Å².